The third kappa shape index (κ3) is 7.78. The van der Waals surface area contributed by atoms with Crippen LogP contribution in [0.25, 0.3) is 0 Å². The maximum absolute atomic E-state index is 14.3. The fraction of sp³-hybridized carbons (Fsp3) is 0.333. The number of hydrogen-bond donors (Lipinski definition) is 0. The second-order valence-corrected chi connectivity index (χ2v) is 8.50. The van der Waals surface area contributed by atoms with Crippen LogP contribution in [0.2, 0.25) is 0 Å². The van der Waals surface area contributed by atoms with Crippen molar-refractivity contribution in [1.82, 2.24) is 0 Å². The van der Waals surface area contributed by atoms with Gasteiger partial charge in [0, 0.05) is 17.5 Å². The van der Waals surface area contributed by atoms with Crippen molar-refractivity contribution in [3.05, 3.63) is 107 Å². The lowest BCUT2D eigenvalue weighted by atomic mass is 9.98. The molecule has 0 radical (unpaired) electrons. The lowest BCUT2D eigenvalue weighted by Crippen LogP contribution is -2.06. The largest absolute Gasteiger partial charge is 0.247 e. The first-order valence-corrected chi connectivity index (χ1v) is 12.2. The summed E-state index contributed by atoms with van der Waals surface area (Å²) in [6.07, 6.45) is 7.45. The summed E-state index contributed by atoms with van der Waals surface area (Å²) in [7, 11) is 0. The molecule has 0 bridgehead atoms. The highest BCUT2D eigenvalue weighted by Crippen LogP contribution is 2.17. The van der Waals surface area contributed by atoms with Gasteiger partial charge in [-0.2, -0.15) is 5.10 Å². The van der Waals surface area contributed by atoms with E-state index in [4.69, 9.17) is 0 Å². The molecule has 0 N–H and O–H groups in total. The number of benzene rings is 3. The highest BCUT2D eigenvalue weighted by molar-refractivity contribution is 6.13. The SMILES string of the molecule is CCCCCC(F)Cc1ccc(C(=NN=Cc2ccccc2CCC)c2ccccc2)cc1. The van der Waals surface area contributed by atoms with Gasteiger partial charge in [-0.25, -0.2) is 4.39 Å². The molecular weight excluding hydrogens is 407 g/mol. The summed E-state index contributed by atoms with van der Waals surface area (Å²) in [5, 5.41) is 9.07. The Morgan fingerprint density at radius 3 is 2.24 bits per heavy atom. The summed E-state index contributed by atoms with van der Waals surface area (Å²) in [5.41, 5.74) is 6.20. The fourth-order valence-electron chi connectivity index (χ4n) is 3.96. The molecule has 0 aliphatic heterocycles. The van der Waals surface area contributed by atoms with Gasteiger partial charge >= 0.3 is 0 Å². The lowest BCUT2D eigenvalue weighted by molar-refractivity contribution is 0.304. The summed E-state index contributed by atoms with van der Waals surface area (Å²) >= 11 is 0. The Labute approximate surface area is 198 Å². The van der Waals surface area contributed by atoms with Gasteiger partial charge < -0.3 is 0 Å². The number of hydrogen-bond acceptors (Lipinski definition) is 2. The Balaban J connectivity index is 1.80. The summed E-state index contributed by atoms with van der Waals surface area (Å²) in [5.74, 6) is 0. The first kappa shape index (κ1) is 24.6. The van der Waals surface area contributed by atoms with Gasteiger partial charge in [-0.05, 0) is 29.5 Å². The first-order chi connectivity index (χ1) is 16.2. The van der Waals surface area contributed by atoms with Gasteiger partial charge in [0.2, 0.25) is 0 Å². The minimum absolute atomic E-state index is 0.466. The molecule has 0 saturated carbocycles. The predicted octanol–water partition coefficient (Wildman–Crippen LogP) is 7.97. The second kappa shape index (κ2) is 13.5. The minimum atomic E-state index is -0.780. The number of aryl methyl sites for hydroxylation is 1. The molecule has 3 rings (SSSR count). The molecule has 172 valence electrons. The number of rotatable bonds is 12. The first-order valence-electron chi connectivity index (χ1n) is 12.2. The van der Waals surface area contributed by atoms with Gasteiger partial charge in [-0.3, -0.25) is 0 Å². The zero-order valence-corrected chi connectivity index (χ0v) is 19.9. The van der Waals surface area contributed by atoms with E-state index in [-0.39, 0.29) is 0 Å². The molecular formula is C30H35FN2. The number of alkyl halides is 1. The number of unbranched alkanes of at least 4 members (excludes halogenated alkanes) is 2. The molecule has 0 aliphatic carbocycles. The molecule has 33 heavy (non-hydrogen) atoms. The Morgan fingerprint density at radius 1 is 0.818 bits per heavy atom. The third-order valence-electron chi connectivity index (χ3n) is 5.78. The maximum atomic E-state index is 14.3. The van der Waals surface area contributed by atoms with Crippen LogP contribution in [-0.2, 0) is 12.8 Å². The molecule has 2 nitrogen and oxygen atoms in total. The summed E-state index contributed by atoms with van der Waals surface area (Å²) in [6, 6.07) is 26.5. The van der Waals surface area contributed by atoms with Crippen molar-refractivity contribution in [3.8, 4) is 0 Å². The molecule has 0 spiro atoms. The molecule has 1 unspecified atom stereocenters. The molecule has 0 aliphatic rings. The summed E-state index contributed by atoms with van der Waals surface area (Å²) < 4.78 is 14.3. The smallest absolute Gasteiger partial charge is 0.104 e. The van der Waals surface area contributed by atoms with Gasteiger partial charge in [0.15, 0.2) is 0 Å². The molecule has 0 saturated heterocycles. The van der Waals surface area contributed by atoms with Crippen LogP contribution in [0, 0.1) is 0 Å². The quantitative estimate of drug-likeness (QED) is 0.154. The monoisotopic (exact) mass is 442 g/mol. The molecule has 3 aromatic carbocycles. The molecule has 0 heterocycles. The van der Waals surface area contributed by atoms with Crippen molar-refractivity contribution in [1.29, 1.82) is 0 Å². The molecule has 3 aromatic rings. The van der Waals surface area contributed by atoms with E-state index in [1.807, 2.05) is 66.9 Å². The lowest BCUT2D eigenvalue weighted by Gasteiger charge is -2.10. The highest BCUT2D eigenvalue weighted by atomic mass is 19.1. The van der Waals surface area contributed by atoms with E-state index >= 15 is 0 Å². The Morgan fingerprint density at radius 2 is 1.52 bits per heavy atom. The van der Waals surface area contributed by atoms with Gasteiger partial charge in [0.25, 0.3) is 0 Å². The van der Waals surface area contributed by atoms with E-state index in [1.54, 1.807) is 0 Å². The van der Waals surface area contributed by atoms with Crippen LogP contribution in [0.4, 0.5) is 4.39 Å². The van der Waals surface area contributed by atoms with Crippen molar-refractivity contribution in [2.24, 2.45) is 10.2 Å². The minimum Gasteiger partial charge on any atom is -0.247 e. The third-order valence-corrected chi connectivity index (χ3v) is 5.78. The van der Waals surface area contributed by atoms with Gasteiger partial charge in [-0.1, -0.05) is 118 Å². The zero-order chi connectivity index (χ0) is 23.3. The normalized spacial score (nSPS) is 12.9. The average Bonchev–Trinajstić information content (AvgIpc) is 2.84. The zero-order valence-electron chi connectivity index (χ0n) is 19.9. The Kier molecular flexibility index (Phi) is 10.0. The van der Waals surface area contributed by atoms with E-state index in [0.29, 0.717) is 12.8 Å². The van der Waals surface area contributed by atoms with Crippen LogP contribution in [0.3, 0.4) is 0 Å². The van der Waals surface area contributed by atoms with E-state index < -0.39 is 6.17 Å². The number of nitrogens with zero attached hydrogens (tertiary/aromatic N) is 2. The standard InChI is InChI=1S/C30H35FN2/c1-3-5-7-17-29(31)22-24-18-20-27(21-19-24)30(26-14-8-6-9-15-26)33-32-23-28-16-11-10-13-25(28)12-4-2/h6,8-11,13-16,18-21,23,29H,3-5,7,12,17,22H2,1-2H3. The predicted molar refractivity (Wildman–Crippen MR) is 139 cm³/mol. The van der Waals surface area contributed by atoms with E-state index in [0.717, 1.165) is 60.1 Å². The molecule has 0 amide bonds. The van der Waals surface area contributed by atoms with E-state index in [1.165, 1.54) is 5.56 Å². The van der Waals surface area contributed by atoms with Crippen molar-refractivity contribution in [2.45, 2.75) is 65.0 Å². The van der Waals surface area contributed by atoms with E-state index in [2.05, 4.69) is 42.2 Å². The number of halogens is 1. The molecule has 0 fully saturated rings. The summed E-state index contributed by atoms with van der Waals surface area (Å²) in [4.78, 5) is 0. The Hall–Kier alpha value is -3.07. The van der Waals surface area contributed by atoms with E-state index in [9.17, 15) is 4.39 Å². The molecule has 1 atom stereocenters. The van der Waals surface area contributed by atoms with Crippen molar-refractivity contribution < 1.29 is 4.39 Å². The van der Waals surface area contributed by atoms with Gasteiger partial charge in [0.1, 0.15) is 11.9 Å². The summed E-state index contributed by atoms with van der Waals surface area (Å²) in [6.45, 7) is 4.32. The maximum Gasteiger partial charge on any atom is 0.104 e. The van der Waals surface area contributed by atoms with Crippen molar-refractivity contribution in [3.63, 3.8) is 0 Å². The average molecular weight is 443 g/mol. The second-order valence-electron chi connectivity index (χ2n) is 8.50. The van der Waals surface area contributed by atoms with Crippen LogP contribution in [-0.4, -0.2) is 18.1 Å². The molecule has 3 heteroatoms. The van der Waals surface area contributed by atoms with Crippen LogP contribution in [0.1, 0.15) is 73.8 Å². The van der Waals surface area contributed by atoms with Gasteiger partial charge in [0.05, 0.1) is 6.21 Å². The molecule has 0 aromatic heterocycles. The van der Waals surface area contributed by atoms with Crippen LogP contribution < -0.4 is 0 Å². The highest BCUT2D eigenvalue weighted by Gasteiger charge is 2.10. The van der Waals surface area contributed by atoms with Crippen LogP contribution >= 0.6 is 0 Å². The van der Waals surface area contributed by atoms with Gasteiger partial charge in [-0.15, -0.1) is 5.10 Å². The van der Waals surface area contributed by atoms with Crippen molar-refractivity contribution in [2.75, 3.05) is 0 Å². The van der Waals surface area contributed by atoms with Crippen LogP contribution in [0.15, 0.2) is 89.1 Å². The van der Waals surface area contributed by atoms with Crippen molar-refractivity contribution >= 4 is 11.9 Å². The van der Waals surface area contributed by atoms with Crippen LogP contribution in [0.5, 0.6) is 0 Å². The Bertz CT molecular complexity index is 1020. The fourth-order valence-corrected chi connectivity index (χ4v) is 3.96. The topological polar surface area (TPSA) is 24.7 Å².